The third-order valence-electron chi connectivity index (χ3n) is 4.21. The van der Waals surface area contributed by atoms with E-state index in [1.807, 2.05) is 36.4 Å². The number of hydrogen-bond donors (Lipinski definition) is 1. The number of nitrogens with zero attached hydrogens (tertiary/aromatic N) is 4. The van der Waals surface area contributed by atoms with Gasteiger partial charge in [-0.15, -0.1) is 0 Å². The fraction of sp³-hybridized carbons (Fsp3) is 0.278. The number of anilines is 1. The van der Waals surface area contributed by atoms with Gasteiger partial charge in [-0.25, -0.2) is 4.98 Å². The molecule has 0 saturated carbocycles. The summed E-state index contributed by atoms with van der Waals surface area (Å²) in [6.45, 7) is 3.82. The molecular formula is C18H19N5O2. The quantitative estimate of drug-likeness (QED) is 0.782. The molecular weight excluding hydrogens is 318 g/mol. The summed E-state index contributed by atoms with van der Waals surface area (Å²) in [5.41, 5.74) is 1.75. The van der Waals surface area contributed by atoms with Gasteiger partial charge in [-0.3, -0.25) is 0 Å². The Bertz CT molecular complexity index is 841. The summed E-state index contributed by atoms with van der Waals surface area (Å²) in [4.78, 5) is 11.2. The molecule has 1 aromatic carbocycles. The van der Waals surface area contributed by atoms with Gasteiger partial charge < -0.3 is 19.5 Å². The molecule has 0 amide bonds. The van der Waals surface area contributed by atoms with Crippen LogP contribution in [0.15, 0.2) is 47.1 Å². The molecule has 25 heavy (non-hydrogen) atoms. The zero-order chi connectivity index (χ0) is 17.1. The highest BCUT2D eigenvalue weighted by molar-refractivity contribution is 5.62. The summed E-state index contributed by atoms with van der Waals surface area (Å²) < 4.78 is 10.6. The Morgan fingerprint density at radius 2 is 1.88 bits per heavy atom. The van der Waals surface area contributed by atoms with Gasteiger partial charge in [0.2, 0.25) is 5.82 Å². The molecule has 4 rings (SSSR count). The molecule has 0 radical (unpaired) electrons. The van der Waals surface area contributed by atoms with E-state index in [-0.39, 0.29) is 0 Å². The van der Waals surface area contributed by atoms with Crippen LogP contribution in [-0.2, 0) is 0 Å². The van der Waals surface area contributed by atoms with Gasteiger partial charge in [0.25, 0.3) is 5.89 Å². The lowest BCUT2D eigenvalue weighted by molar-refractivity contribution is 0.415. The van der Waals surface area contributed by atoms with Gasteiger partial charge in [-0.2, -0.15) is 4.98 Å². The maximum absolute atomic E-state index is 5.45. The minimum atomic E-state index is 0.490. The van der Waals surface area contributed by atoms with Crippen molar-refractivity contribution in [2.45, 2.75) is 0 Å². The number of benzene rings is 1. The van der Waals surface area contributed by atoms with Crippen molar-refractivity contribution in [2.24, 2.45) is 0 Å². The zero-order valence-electron chi connectivity index (χ0n) is 14.0. The standard InChI is InChI=1S/C18H19N5O2/c1-24-15-4-2-13(3-5-15)17-21-18(25-22-17)14-6-7-20-16(12-14)23-10-8-19-9-11-23/h2-7,12,19H,8-11H2,1H3. The highest BCUT2D eigenvalue weighted by atomic mass is 16.5. The smallest absolute Gasteiger partial charge is 0.258 e. The summed E-state index contributed by atoms with van der Waals surface area (Å²) in [5.74, 6) is 2.77. The molecule has 1 N–H and O–H groups in total. The van der Waals surface area contributed by atoms with Crippen molar-refractivity contribution in [1.82, 2.24) is 20.4 Å². The number of piperazine rings is 1. The highest BCUT2D eigenvalue weighted by Crippen LogP contribution is 2.25. The minimum absolute atomic E-state index is 0.490. The zero-order valence-corrected chi connectivity index (χ0v) is 14.0. The lowest BCUT2D eigenvalue weighted by Crippen LogP contribution is -2.43. The molecule has 7 nitrogen and oxygen atoms in total. The average Bonchev–Trinajstić information content (AvgIpc) is 3.19. The van der Waals surface area contributed by atoms with Gasteiger partial charge in [0, 0.05) is 43.5 Å². The van der Waals surface area contributed by atoms with E-state index in [9.17, 15) is 0 Å². The van der Waals surface area contributed by atoms with Crippen LogP contribution < -0.4 is 15.0 Å². The number of aromatic nitrogens is 3. The Kier molecular flexibility index (Phi) is 4.30. The molecule has 1 saturated heterocycles. The molecule has 7 heteroatoms. The summed E-state index contributed by atoms with van der Waals surface area (Å²) in [7, 11) is 1.64. The second kappa shape index (κ2) is 6.90. The number of pyridine rings is 1. The first-order valence-electron chi connectivity index (χ1n) is 8.24. The van der Waals surface area contributed by atoms with Crippen molar-refractivity contribution in [3.05, 3.63) is 42.6 Å². The number of nitrogens with one attached hydrogen (secondary N) is 1. The van der Waals surface area contributed by atoms with E-state index >= 15 is 0 Å². The van der Waals surface area contributed by atoms with Gasteiger partial charge >= 0.3 is 0 Å². The summed E-state index contributed by atoms with van der Waals surface area (Å²) >= 11 is 0. The molecule has 1 aliphatic heterocycles. The van der Waals surface area contributed by atoms with Gasteiger partial charge in [-0.1, -0.05) is 5.16 Å². The second-order valence-electron chi connectivity index (χ2n) is 5.79. The van der Waals surface area contributed by atoms with Crippen LogP contribution in [0, 0.1) is 0 Å². The van der Waals surface area contributed by atoms with Gasteiger partial charge in [0.15, 0.2) is 0 Å². The Labute approximate surface area is 145 Å². The van der Waals surface area contributed by atoms with E-state index in [0.29, 0.717) is 11.7 Å². The Morgan fingerprint density at radius 3 is 2.64 bits per heavy atom. The van der Waals surface area contributed by atoms with Gasteiger partial charge in [0.1, 0.15) is 11.6 Å². The van der Waals surface area contributed by atoms with Crippen LogP contribution in [0.25, 0.3) is 22.8 Å². The van der Waals surface area contributed by atoms with Crippen molar-refractivity contribution in [3.8, 4) is 28.6 Å². The molecule has 2 aromatic heterocycles. The molecule has 1 fully saturated rings. The van der Waals surface area contributed by atoms with Crippen molar-refractivity contribution >= 4 is 5.82 Å². The molecule has 0 atom stereocenters. The number of hydrogen-bond acceptors (Lipinski definition) is 7. The lowest BCUT2D eigenvalue weighted by atomic mass is 10.2. The number of methoxy groups -OCH3 is 1. The molecule has 3 aromatic rings. The molecule has 0 spiro atoms. The van der Waals surface area contributed by atoms with Crippen molar-refractivity contribution in [1.29, 1.82) is 0 Å². The monoisotopic (exact) mass is 337 g/mol. The van der Waals surface area contributed by atoms with Crippen molar-refractivity contribution < 1.29 is 9.26 Å². The van der Waals surface area contributed by atoms with Crippen LogP contribution in [0.1, 0.15) is 0 Å². The van der Waals surface area contributed by atoms with E-state index in [1.54, 1.807) is 13.3 Å². The van der Waals surface area contributed by atoms with E-state index in [2.05, 4.69) is 25.3 Å². The average molecular weight is 337 g/mol. The molecule has 3 heterocycles. The summed E-state index contributed by atoms with van der Waals surface area (Å²) in [6.07, 6.45) is 1.78. The number of rotatable bonds is 4. The van der Waals surface area contributed by atoms with Crippen LogP contribution in [0.5, 0.6) is 5.75 Å². The predicted octanol–water partition coefficient (Wildman–Crippen LogP) is 2.22. The van der Waals surface area contributed by atoms with Crippen LogP contribution in [0.3, 0.4) is 0 Å². The lowest BCUT2D eigenvalue weighted by Gasteiger charge is -2.28. The Balaban J connectivity index is 1.59. The number of ether oxygens (including phenoxy) is 1. The van der Waals surface area contributed by atoms with Crippen LogP contribution >= 0.6 is 0 Å². The topological polar surface area (TPSA) is 76.3 Å². The normalized spacial score (nSPS) is 14.5. The predicted molar refractivity (Wildman–Crippen MR) is 94.6 cm³/mol. The molecule has 0 bridgehead atoms. The fourth-order valence-electron chi connectivity index (χ4n) is 2.82. The van der Waals surface area contributed by atoms with E-state index in [1.165, 1.54) is 0 Å². The largest absolute Gasteiger partial charge is 0.497 e. The van der Waals surface area contributed by atoms with Crippen molar-refractivity contribution in [3.63, 3.8) is 0 Å². The van der Waals surface area contributed by atoms with Crippen molar-refractivity contribution in [2.75, 3.05) is 38.2 Å². The third kappa shape index (κ3) is 3.32. The fourth-order valence-corrected chi connectivity index (χ4v) is 2.82. The van der Waals surface area contributed by atoms with Gasteiger partial charge in [0.05, 0.1) is 7.11 Å². The van der Waals surface area contributed by atoms with Crippen LogP contribution in [0.4, 0.5) is 5.82 Å². The highest BCUT2D eigenvalue weighted by Gasteiger charge is 2.15. The first-order valence-corrected chi connectivity index (χ1v) is 8.24. The van der Waals surface area contributed by atoms with Crippen LogP contribution in [-0.4, -0.2) is 48.4 Å². The second-order valence-corrected chi connectivity index (χ2v) is 5.79. The van der Waals surface area contributed by atoms with E-state index in [4.69, 9.17) is 9.26 Å². The molecule has 0 aliphatic carbocycles. The summed E-state index contributed by atoms with van der Waals surface area (Å²) in [5, 5.41) is 7.43. The first kappa shape index (κ1) is 15.6. The van der Waals surface area contributed by atoms with Gasteiger partial charge in [-0.05, 0) is 36.4 Å². The molecule has 0 unspecified atom stereocenters. The molecule has 128 valence electrons. The Hall–Kier alpha value is -2.93. The van der Waals surface area contributed by atoms with Crippen LogP contribution in [0.2, 0.25) is 0 Å². The van der Waals surface area contributed by atoms with E-state index in [0.717, 1.165) is 48.9 Å². The maximum atomic E-state index is 5.45. The summed E-state index contributed by atoms with van der Waals surface area (Å²) in [6, 6.07) is 11.5. The maximum Gasteiger partial charge on any atom is 0.258 e. The minimum Gasteiger partial charge on any atom is -0.497 e. The third-order valence-corrected chi connectivity index (χ3v) is 4.21. The van der Waals surface area contributed by atoms with E-state index < -0.39 is 0 Å². The SMILES string of the molecule is COc1ccc(-c2noc(-c3ccnc(N4CCNCC4)c3)n2)cc1. The molecule has 1 aliphatic rings. The Morgan fingerprint density at radius 1 is 1.08 bits per heavy atom. The first-order chi connectivity index (χ1) is 12.3.